The largest absolute Gasteiger partial charge is 0.166 e. The number of hydrogen-bond donors (Lipinski definition) is 12. The summed E-state index contributed by atoms with van der Waals surface area (Å²) in [6.45, 7) is 0. The summed E-state index contributed by atoms with van der Waals surface area (Å²) in [7, 11) is -0.0146. The molecule has 3 aromatic carbocycles. The van der Waals surface area contributed by atoms with Gasteiger partial charge in [-0.15, -0.1) is 0 Å². The summed E-state index contributed by atoms with van der Waals surface area (Å²) < 4.78 is 140. The first-order chi connectivity index (χ1) is 19.8. The molecule has 18 nitrogen and oxygen atoms in total. The third-order valence-electron chi connectivity index (χ3n) is 2.94. The molecule has 0 amide bonds. The van der Waals surface area contributed by atoms with Crippen LogP contribution < -0.4 is 0 Å². The molecule has 6 radical (unpaired) electrons. The Balaban J connectivity index is -0.0000000536. The van der Waals surface area contributed by atoms with Gasteiger partial charge in [0, 0.05) is 0 Å². The van der Waals surface area contributed by atoms with E-state index in [4.69, 9.17) is 58.7 Å². The molecule has 0 saturated carbocycles. The minimum atomic E-state index is -3.70. The Morgan fingerprint density at radius 3 is 0.490 bits per heavy atom. The molecule has 0 aliphatic rings. The van der Waals surface area contributed by atoms with Gasteiger partial charge in [0.15, 0.2) is 14.7 Å². The molecule has 31 heteroatoms. The van der Waals surface area contributed by atoms with Crippen LogP contribution in [0.1, 0.15) is 0 Å². The second-order valence-corrected chi connectivity index (χ2v) is 16.4. The van der Waals surface area contributed by atoms with E-state index in [0.717, 1.165) is 0 Å². The van der Waals surface area contributed by atoms with E-state index in [2.05, 4.69) is 91.0 Å². The minimum Gasteiger partial charge on any atom is -0.0619 e. The number of hydrogen-bond acceptors (Lipinski definition) is 6. The van der Waals surface area contributed by atoms with Gasteiger partial charge in [0.2, 0.25) is 0 Å². The van der Waals surface area contributed by atoms with E-state index in [0.29, 0.717) is 0 Å². The van der Waals surface area contributed by atoms with Gasteiger partial charge in [-0.05, 0) is 36.4 Å². The van der Waals surface area contributed by atoms with E-state index in [-0.39, 0.29) is 39.1 Å². The Morgan fingerprint density at radius 1 is 0.286 bits per heavy atom. The molecule has 0 aliphatic carbocycles. The molecule has 0 aromatic heterocycles. The summed E-state index contributed by atoms with van der Waals surface area (Å²) in [5.74, 6) is 0. The van der Waals surface area contributed by atoms with Crippen molar-refractivity contribution in [3.63, 3.8) is 0 Å². The van der Waals surface area contributed by atoms with Crippen LogP contribution in [0.5, 0.6) is 0 Å². The minimum absolute atomic E-state index is 0. The number of rotatable bonds is 3. The van der Waals surface area contributed by atoms with Gasteiger partial charge in [-0.25, -0.2) is 0 Å². The topological polar surface area (TPSA) is 345 Å². The maximum Gasteiger partial charge on any atom is 0.166 e. The third kappa shape index (κ3) is 78.9. The van der Waals surface area contributed by atoms with Crippen molar-refractivity contribution in [1.82, 2.24) is 0 Å². The maximum atomic E-state index is 8.82. The molecule has 49 heavy (non-hydrogen) atoms. The first kappa shape index (κ1) is 74.9. The van der Waals surface area contributed by atoms with Crippen LogP contribution in [0, 0.1) is 0 Å². The molecule has 3 rings (SSSR count). The van der Waals surface area contributed by atoms with Crippen LogP contribution in [-0.2, 0) is 29.0 Å². The fourth-order valence-corrected chi connectivity index (χ4v) is 4.18. The van der Waals surface area contributed by atoms with E-state index in [1.54, 1.807) is 0 Å². The van der Waals surface area contributed by atoms with Crippen molar-refractivity contribution < 1.29 is 87.0 Å². The molecular weight excluding hydrogens is 1380 g/mol. The van der Waals surface area contributed by atoms with E-state index in [1.807, 2.05) is 0 Å². The van der Waals surface area contributed by atoms with Crippen molar-refractivity contribution in [2.45, 2.75) is 14.7 Å². The average molecular weight is 1410 g/mol. The van der Waals surface area contributed by atoms with Crippen molar-refractivity contribution in [1.29, 1.82) is 0 Å². The predicted molar refractivity (Wildman–Crippen MR) is 162 cm³/mol. The van der Waals surface area contributed by atoms with Gasteiger partial charge >= 0.3 is 185 Å². The molecule has 3 aromatic rings. The Hall–Kier alpha value is 0.819. The Morgan fingerprint density at radius 2 is 0.388 bits per heavy atom. The van der Waals surface area contributed by atoms with Crippen LogP contribution in [0.15, 0.2) is 106 Å². The molecule has 0 unspecified atom stereocenters. The first-order valence-corrected chi connectivity index (χ1v) is 31.0. The van der Waals surface area contributed by atoms with Crippen LogP contribution in [0.25, 0.3) is 0 Å². The van der Waals surface area contributed by atoms with E-state index in [1.165, 1.54) is 14.7 Å². The van der Waals surface area contributed by atoms with Gasteiger partial charge in [-0.1, -0.05) is 54.6 Å². The zero-order valence-corrected chi connectivity index (χ0v) is 39.7. The molecule has 290 valence electrons. The van der Waals surface area contributed by atoms with Crippen LogP contribution in [0.2, 0.25) is 0 Å². The SMILES string of the molecule is F.F.F.F.F.F.[O]=[Sb]([OH])[OH].[O]=[Sb]([OH])[OH].[O]=[Sb]([OH])[OH].[O]=[Sb]([OH])[OH].[O]=[Sb]([OH])[OH].[O]=[Sb]([OH])[OH].c1ccc([S+](c2ccccc2)c2ccccc2)cc1. The third-order valence-corrected chi connectivity index (χ3v) is 5.17. The smallest absolute Gasteiger partial charge is 0.0619 e. The van der Waals surface area contributed by atoms with E-state index < -0.39 is 126 Å². The van der Waals surface area contributed by atoms with Crippen molar-refractivity contribution in [2.75, 3.05) is 0 Å². The molecule has 0 bridgehead atoms. The van der Waals surface area contributed by atoms with Crippen molar-refractivity contribution in [3.8, 4) is 0 Å². The molecule has 0 aliphatic heterocycles. The molecule has 0 heterocycles. The zero-order chi connectivity index (χ0) is 34.4. The van der Waals surface area contributed by atoms with Crippen LogP contribution in [-0.4, -0.2) is 167 Å². The standard InChI is InChI=1S/C18H15S.6FH.12H2O.6O.6Sb/c1-4-10-16(11-5-1)19(17-12-6-2-7-13-17)18-14-8-3-9-15-18;;;;;;;;;;;;;;;;;;;;;;;;;;;;;;/h1-15H;6*1H;12*1H2;;;;;;;;;;;;/q+1;;;;;;;;;;;;;;;;;;;;;;;;;6*+2/p-12. The molecule has 12 N–H and O–H groups in total. The quantitative estimate of drug-likeness (QED) is 0.0676. The predicted octanol–water partition coefficient (Wildman–Crippen LogP) is -3.98. The number of halogens is 6. The van der Waals surface area contributed by atoms with E-state index in [9.17, 15) is 0 Å². The van der Waals surface area contributed by atoms with Crippen molar-refractivity contribution in [2.24, 2.45) is 0 Å². The second kappa shape index (κ2) is 53.2. The Bertz CT molecular complexity index is 1030. The first-order valence-electron chi connectivity index (χ1n) is 9.84. The van der Waals surface area contributed by atoms with Gasteiger partial charge < -0.3 is 0 Å². The summed E-state index contributed by atoms with van der Waals surface area (Å²) in [5.41, 5.74) is 0. The molecule has 0 saturated heterocycles. The van der Waals surface area contributed by atoms with Gasteiger partial charge in [-0.3, -0.25) is 28.2 Å². The van der Waals surface area contributed by atoms with Crippen molar-refractivity contribution >= 4 is 137 Å². The molecule has 0 spiro atoms. The van der Waals surface area contributed by atoms with Crippen molar-refractivity contribution in [3.05, 3.63) is 91.0 Å². The summed E-state index contributed by atoms with van der Waals surface area (Å²) in [5, 5.41) is 0. The summed E-state index contributed by atoms with van der Waals surface area (Å²) in [4.78, 5) is 4.08. The second-order valence-electron chi connectivity index (χ2n) is 5.76. The normalized spacial score (nSPS) is 7.29. The monoisotopic (exact) mass is 1410 g/mol. The summed E-state index contributed by atoms with van der Waals surface area (Å²) >= 11 is -22.2. The Kier molecular flexibility index (Phi) is 81.3. The fraction of sp³-hybridized carbons (Fsp3) is 0. The van der Waals surface area contributed by atoms with E-state index >= 15 is 0 Å². The number of benzene rings is 3. The molecule has 0 fully saturated rings. The fourth-order valence-electron chi connectivity index (χ4n) is 2.08. The van der Waals surface area contributed by atoms with Gasteiger partial charge in [-0.2, -0.15) is 0 Å². The average Bonchev–Trinajstić information content (AvgIpc) is 2.84. The van der Waals surface area contributed by atoms with Crippen LogP contribution in [0.4, 0.5) is 28.2 Å². The molecule has 0 atom stereocenters. The summed E-state index contributed by atoms with van der Waals surface area (Å²) in [6, 6.07) is 32.2. The summed E-state index contributed by atoms with van der Waals surface area (Å²) in [6.07, 6.45) is 0. The van der Waals surface area contributed by atoms with Crippen LogP contribution >= 0.6 is 0 Å². The maximum absolute atomic E-state index is 8.82. The van der Waals surface area contributed by atoms with Gasteiger partial charge in [0.05, 0.1) is 10.9 Å². The van der Waals surface area contributed by atoms with Crippen LogP contribution in [0.3, 0.4) is 0 Å². The molecular formula is C18H33F6O18SSb6+. The van der Waals surface area contributed by atoms with Gasteiger partial charge in [0.1, 0.15) is 0 Å². The zero-order valence-electron chi connectivity index (χ0n) is 23.5. The van der Waals surface area contributed by atoms with Gasteiger partial charge in [0.25, 0.3) is 0 Å². The Labute approximate surface area is 325 Å².